The summed E-state index contributed by atoms with van der Waals surface area (Å²) < 4.78 is 5.28. The number of amides is 1. The van der Waals surface area contributed by atoms with Crippen LogP contribution in [0, 0.1) is 0 Å². The van der Waals surface area contributed by atoms with Gasteiger partial charge >= 0.3 is 0 Å². The van der Waals surface area contributed by atoms with Gasteiger partial charge in [0.25, 0.3) is 5.91 Å². The standard InChI is InChI=1S/C12H16N2O3/c1-8-7-17-5-4-14(8)12(16)10-6-9(15)2-3-11(10)13/h2-3,6,8,15H,4-5,7,13H2,1H3. The van der Waals surface area contributed by atoms with Crippen molar-refractivity contribution in [2.24, 2.45) is 0 Å². The number of ether oxygens (including phenoxy) is 1. The molecule has 0 spiro atoms. The van der Waals surface area contributed by atoms with E-state index >= 15 is 0 Å². The van der Waals surface area contributed by atoms with Crippen LogP contribution in [0.3, 0.4) is 0 Å². The third kappa shape index (κ3) is 2.34. The Labute approximate surface area is 99.8 Å². The van der Waals surface area contributed by atoms with Crippen molar-refractivity contribution in [2.45, 2.75) is 13.0 Å². The zero-order valence-electron chi connectivity index (χ0n) is 9.72. The van der Waals surface area contributed by atoms with Crippen LogP contribution >= 0.6 is 0 Å². The highest BCUT2D eigenvalue weighted by Gasteiger charge is 2.26. The van der Waals surface area contributed by atoms with Crippen molar-refractivity contribution >= 4 is 11.6 Å². The van der Waals surface area contributed by atoms with Crippen molar-refractivity contribution in [2.75, 3.05) is 25.5 Å². The van der Waals surface area contributed by atoms with Crippen LogP contribution in [-0.4, -0.2) is 41.7 Å². The molecule has 1 aliphatic rings. The SMILES string of the molecule is CC1COCCN1C(=O)c1cc(O)ccc1N. The molecule has 17 heavy (non-hydrogen) atoms. The fourth-order valence-electron chi connectivity index (χ4n) is 1.91. The minimum Gasteiger partial charge on any atom is -0.508 e. The van der Waals surface area contributed by atoms with Crippen molar-refractivity contribution in [3.63, 3.8) is 0 Å². The molecule has 3 N–H and O–H groups in total. The molecule has 0 bridgehead atoms. The minimum atomic E-state index is -0.158. The van der Waals surface area contributed by atoms with E-state index < -0.39 is 0 Å². The van der Waals surface area contributed by atoms with Gasteiger partial charge in [-0.25, -0.2) is 0 Å². The summed E-state index contributed by atoms with van der Waals surface area (Å²) >= 11 is 0. The molecule has 1 fully saturated rings. The van der Waals surface area contributed by atoms with Gasteiger partial charge < -0.3 is 20.5 Å². The van der Waals surface area contributed by atoms with Crippen LogP contribution in [0.4, 0.5) is 5.69 Å². The number of phenolic OH excluding ortho intramolecular Hbond substituents is 1. The molecule has 1 heterocycles. The summed E-state index contributed by atoms with van der Waals surface area (Å²) in [7, 11) is 0. The van der Waals surface area contributed by atoms with Gasteiger partial charge in [-0.2, -0.15) is 0 Å². The number of benzene rings is 1. The molecule has 1 atom stereocenters. The average molecular weight is 236 g/mol. The lowest BCUT2D eigenvalue weighted by Gasteiger charge is -2.33. The molecule has 0 radical (unpaired) electrons. The molecule has 0 saturated carbocycles. The van der Waals surface area contributed by atoms with Crippen LogP contribution in [-0.2, 0) is 4.74 Å². The van der Waals surface area contributed by atoms with E-state index in [-0.39, 0.29) is 17.7 Å². The summed E-state index contributed by atoms with van der Waals surface area (Å²) in [5.74, 6) is -0.113. The zero-order chi connectivity index (χ0) is 12.4. The Balaban J connectivity index is 2.26. The minimum absolute atomic E-state index is 0.0259. The van der Waals surface area contributed by atoms with Crippen LogP contribution in [0.15, 0.2) is 18.2 Å². The largest absolute Gasteiger partial charge is 0.508 e. The first kappa shape index (κ1) is 11.7. The number of nitrogens with zero attached hydrogens (tertiary/aromatic N) is 1. The number of hydrogen-bond acceptors (Lipinski definition) is 4. The summed E-state index contributed by atoms with van der Waals surface area (Å²) in [6.07, 6.45) is 0. The summed E-state index contributed by atoms with van der Waals surface area (Å²) in [6.45, 7) is 3.55. The van der Waals surface area contributed by atoms with Crippen LogP contribution in [0.1, 0.15) is 17.3 Å². The molecular weight excluding hydrogens is 220 g/mol. The van der Waals surface area contributed by atoms with Crippen molar-refractivity contribution < 1.29 is 14.6 Å². The predicted molar refractivity (Wildman–Crippen MR) is 63.8 cm³/mol. The normalized spacial score (nSPS) is 20.3. The van der Waals surface area contributed by atoms with Gasteiger partial charge in [-0.05, 0) is 25.1 Å². The number of anilines is 1. The number of hydrogen-bond donors (Lipinski definition) is 2. The van der Waals surface area contributed by atoms with E-state index in [1.165, 1.54) is 18.2 Å². The van der Waals surface area contributed by atoms with Crippen LogP contribution < -0.4 is 5.73 Å². The Morgan fingerprint density at radius 1 is 1.59 bits per heavy atom. The molecule has 5 heteroatoms. The average Bonchev–Trinajstić information content (AvgIpc) is 2.32. The van der Waals surface area contributed by atoms with E-state index in [1.54, 1.807) is 4.90 Å². The first-order chi connectivity index (χ1) is 8.09. The van der Waals surface area contributed by atoms with E-state index in [0.717, 1.165) is 0 Å². The van der Waals surface area contributed by atoms with E-state index in [4.69, 9.17) is 10.5 Å². The smallest absolute Gasteiger partial charge is 0.256 e. The van der Waals surface area contributed by atoms with E-state index in [0.29, 0.717) is 31.0 Å². The second-order valence-electron chi connectivity index (χ2n) is 4.19. The van der Waals surface area contributed by atoms with Crippen LogP contribution in [0.25, 0.3) is 0 Å². The summed E-state index contributed by atoms with van der Waals surface area (Å²) in [6, 6.07) is 4.43. The van der Waals surface area contributed by atoms with Gasteiger partial charge in [0.15, 0.2) is 0 Å². The number of carbonyl (C=O) groups is 1. The lowest BCUT2D eigenvalue weighted by Crippen LogP contribution is -2.47. The number of phenols is 1. The van der Waals surface area contributed by atoms with Gasteiger partial charge in [0, 0.05) is 12.2 Å². The highest BCUT2D eigenvalue weighted by atomic mass is 16.5. The number of morpholine rings is 1. The first-order valence-corrected chi connectivity index (χ1v) is 5.57. The fourth-order valence-corrected chi connectivity index (χ4v) is 1.91. The van der Waals surface area contributed by atoms with Gasteiger partial charge in [-0.15, -0.1) is 0 Å². The highest BCUT2D eigenvalue weighted by molar-refractivity contribution is 5.99. The molecule has 1 amide bonds. The Morgan fingerprint density at radius 2 is 2.35 bits per heavy atom. The summed E-state index contributed by atoms with van der Waals surface area (Å²) in [5, 5.41) is 9.40. The van der Waals surface area contributed by atoms with Crippen molar-refractivity contribution in [3.05, 3.63) is 23.8 Å². The van der Waals surface area contributed by atoms with Gasteiger partial charge in [0.1, 0.15) is 5.75 Å². The Morgan fingerprint density at radius 3 is 3.06 bits per heavy atom. The molecule has 0 aliphatic carbocycles. The quantitative estimate of drug-likeness (QED) is 0.559. The summed E-state index contributed by atoms with van der Waals surface area (Å²) in [5.41, 5.74) is 6.48. The second kappa shape index (κ2) is 4.63. The molecule has 2 rings (SSSR count). The molecule has 1 aromatic carbocycles. The van der Waals surface area contributed by atoms with Gasteiger partial charge in [-0.1, -0.05) is 0 Å². The monoisotopic (exact) mass is 236 g/mol. The van der Waals surface area contributed by atoms with Gasteiger partial charge in [0.2, 0.25) is 0 Å². The Kier molecular flexibility index (Phi) is 3.19. The number of nitrogen functional groups attached to an aromatic ring is 1. The predicted octanol–water partition coefficient (Wildman–Crippen LogP) is 0.835. The maximum atomic E-state index is 12.3. The Hall–Kier alpha value is -1.75. The third-order valence-electron chi connectivity index (χ3n) is 2.90. The van der Waals surface area contributed by atoms with Crippen LogP contribution in [0.2, 0.25) is 0 Å². The molecular formula is C12H16N2O3. The van der Waals surface area contributed by atoms with Crippen LogP contribution in [0.5, 0.6) is 5.75 Å². The molecule has 1 aromatic rings. The van der Waals surface area contributed by atoms with Crippen molar-refractivity contribution in [3.8, 4) is 5.75 Å². The summed E-state index contributed by atoms with van der Waals surface area (Å²) in [4.78, 5) is 14.0. The Bertz CT molecular complexity index is 434. The molecule has 5 nitrogen and oxygen atoms in total. The van der Waals surface area contributed by atoms with Crippen molar-refractivity contribution in [1.29, 1.82) is 0 Å². The molecule has 1 unspecified atom stereocenters. The highest BCUT2D eigenvalue weighted by Crippen LogP contribution is 2.21. The van der Waals surface area contributed by atoms with Crippen molar-refractivity contribution in [1.82, 2.24) is 4.90 Å². The number of aromatic hydroxyl groups is 1. The van der Waals surface area contributed by atoms with Gasteiger partial charge in [-0.3, -0.25) is 4.79 Å². The molecule has 1 saturated heterocycles. The van der Waals surface area contributed by atoms with E-state index in [1.807, 2.05) is 6.92 Å². The lowest BCUT2D eigenvalue weighted by molar-refractivity contribution is 0.00364. The first-order valence-electron chi connectivity index (χ1n) is 5.57. The number of carbonyl (C=O) groups excluding carboxylic acids is 1. The topological polar surface area (TPSA) is 75.8 Å². The van der Waals surface area contributed by atoms with E-state index in [9.17, 15) is 9.90 Å². The number of nitrogens with two attached hydrogens (primary N) is 1. The number of rotatable bonds is 1. The molecule has 0 aromatic heterocycles. The third-order valence-corrected chi connectivity index (χ3v) is 2.90. The maximum absolute atomic E-state index is 12.3. The van der Waals surface area contributed by atoms with Gasteiger partial charge in [0.05, 0.1) is 24.8 Å². The lowest BCUT2D eigenvalue weighted by atomic mass is 10.1. The second-order valence-corrected chi connectivity index (χ2v) is 4.19. The molecule has 92 valence electrons. The zero-order valence-corrected chi connectivity index (χ0v) is 9.72. The van der Waals surface area contributed by atoms with E-state index in [2.05, 4.69) is 0 Å². The fraction of sp³-hybridized carbons (Fsp3) is 0.417. The maximum Gasteiger partial charge on any atom is 0.256 e. The molecule has 1 aliphatic heterocycles.